The minimum absolute atomic E-state index is 0.0411. The summed E-state index contributed by atoms with van der Waals surface area (Å²) in [5.74, 6) is 0.153. The van der Waals surface area contributed by atoms with E-state index >= 15 is 0 Å². The van der Waals surface area contributed by atoms with E-state index in [2.05, 4.69) is 17.1 Å². The minimum Gasteiger partial charge on any atom is -0.508 e. The standard InChI is InChI=1S/C15H23N3O3/c1-2-3-4-14(17-9-7-16-8-10-17)13-11-12(18(20)21)5-6-15(13)19/h5-6,11,14,16,19H,2-4,7-10H2,1H3/t14-/m1/s1. The van der Waals surface area contributed by atoms with Crippen molar-refractivity contribution in [3.8, 4) is 5.75 Å². The molecule has 1 atom stereocenters. The number of hydrogen-bond acceptors (Lipinski definition) is 5. The molecule has 6 heteroatoms. The summed E-state index contributed by atoms with van der Waals surface area (Å²) >= 11 is 0. The average molecular weight is 293 g/mol. The lowest BCUT2D eigenvalue weighted by molar-refractivity contribution is -0.385. The smallest absolute Gasteiger partial charge is 0.270 e. The number of hydrogen-bond donors (Lipinski definition) is 2. The highest BCUT2D eigenvalue weighted by atomic mass is 16.6. The highest BCUT2D eigenvalue weighted by Crippen LogP contribution is 2.35. The molecule has 21 heavy (non-hydrogen) atoms. The first kappa shape index (κ1) is 15.7. The lowest BCUT2D eigenvalue weighted by Gasteiger charge is -2.35. The molecule has 0 spiro atoms. The number of non-ortho nitro benzene ring substituents is 1. The van der Waals surface area contributed by atoms with Crippen LogP contribution in [0.3, 0.4) is 0 Å². The average Bonchev–Trinajstić information content (AvgIpc) is 2.50. The van der Waals surface area contributed by atoms with Gasteiger partial charge in [0, 0.05) is 49.9 Å². The molecule has 0 bridgehead atoms. The Morgan fingerprint density at radius 3 is 2.76 bits per heavy atom. The van der Waals surface area contributed by atoms with Crippen LogP contribution in [0.1, 0.15) is 37.8 Å². The summed E-state index contributed by atoms with van der Waals surface area (Å²) in [6.07, 6.45) is 3.01. The van der Waals surface area contributed by atoms with Gasteiger partial charge in [-0.1, -0.05) is 19.8 Å². The first-order chi connectivity index (χ1) is 10.1. The molecular weight excluding hydrogens is 270 g/mol. The summed E-state index contributed by atoms with van der Waals surface area (Å²) in [5, 5.41) is 24.4. The molecule has 1 aromatic rings. The van der Waals surface area contributed by atoms with Crippen LogP contribution in [0.5, 0.6) is 5.75 Å². The molecule has 0 aromatic heterocycles. The van der Waals surface area contributed by atoms with Crippen LogP contribution in [-0.4, -0.2) is 41.1 Å². The van der Waals surface area contributed by atoms with Gasteiger partial charge in [-0.2, -0.15) is 0 Å². The Morgan fingerprint density at radius 1 is 1.43 bits per heavy atom. The molecule has 0 amide bonds. The number of benzene rings is 1. The SMILES string of the molecule is CCCC[C@H](c1cc([N+](=O)[O-])ccc1O)N1CCNCC1. The number of rotatable bonds is 6. The lowest BCUT2D eigenvalue weighted by atomic mass is 9.97. The van der Waals surface area contributed by atoms with Gasteiger partial charge in [0.05, 0.1) is 4.92 Å². The highest BCUT2D eigenvalue weighted by Gasteiger charge is 2.25. The Kier molecular flexibility index (Phi) is 5.52. The molecule has 0 saturated carbocycles. The molecule has 1 aliphatic rings. The van der Waals surface area contributed by atoms with Gasteiger partial charge in [0.2, 0.25) is 0 Å². The number of piperazine rings is 1. The summed E-state index contributed by atoms with van der Waals surface area (Å²) in [4.78, 5) is 12.9. The Bertz CT molecular complexity index is 487. The number of nitro groups is 1. The molecule has 0 unspecified atom stereocenters. The Hall–Kier alpha value is -1.66. The van der Waals surface area contributed by atoms with Gasteiger partial charge in [0.15, 0.2) is 0 Å². The fraction of sp³-hybridized carbons (Fsp3) is 0.600. The van der Waals surface area contributed by atoms with Crippen molar-refractivity contribution >= 4 is 5.69 Å². The van der Waals surface area contributed by atoms with E-state index in [1.807, 2.05) is 0 Å². The van der Waals surface area contributed by atoms with Crippen molar-refractivity contribution in [3.05, 3.63) is 33.9 Å². The van der Waals surface area contributed by atoms with Crippen molar-refractivity contribution < 1.29 is 10.0 Å². The number of aromatic hydroxyl groups is 1. The molecule has 2 rings (SSSR count). The Morgan fingerprint density at radius 2 is 2.14 bits per heavy atom. The predicted octanol–water partition coefficient (Wildman–Crippen LogP) is 2.44. The Balaban J connectivity index is 2.30. The zero-order valence-corrected chi connectivity index (χ0v) is 12.4. The third kappa shape index (κ3) is 3.92. The van der Waals surface area contributed by atoms with Crippen molar-refractivity contribution in [1.82, 2.24) is 10.2 Å². The Labute approximate surface area is 124 Å². The molecular formula is C15H23N3O3. The van der Waals surface area contributed by atoms with Crippen LogP contribution in [0.15, 0.2) is 18.2 Å². The normalized spacial score (nSPS) is 17.6. The zero-order chi connectivity index (χ0) is 15.2. The summed E-state index contributed by atoms with van der Waals surface area (Å²) < 4.78 is 0. The van der Waals surface area contributed by atoms with Gasteiger partial charge in [0.25, 0.3) is 5.69 Å². The topological polar surface area (TPSA) is 78.6 Å². The van der Waals surface area contributed by atoms with Crippen LogP contribution in [0.4, 0.5) is 5.69 Å². The van der Waals surface area contributed by atoms with Gasteiger partial charge in [-0.3, -0.25) is 15.0 Å². The van der Waals surface area contributed by atoms with Gasteiger partial charge < -0.3 is 10.4 Å². The van der Waals surface area contributed by atoms with Crippen molar-refractivity contribution in [2.75, 3.05) is 26.2 Å². The van der Waals surface area contributed by atoms with Crippen molar-refractivity contribution in [2.45, 2.75) is 32.2 Å². The van der Waals surface area contributed by atoms with Crippen LogP contribution in [0.2, 0.25) is 0 Å². The largest absolute Gasteiger partial charge is 0.508 e. The van der Waals surface area contributed by atoms with Crippen LogP contribution in [0, 0.1) is 10.1 Å². The molecule has 1 saturated heterocycles. The van der Waals surface area contributed by atoms with E-state index in [-0.39, 0.29) is 17.5 Å². The molecule has 1 fully saturated rings. The fourth-order valence-electron chi connectivity index (χ4n) is 2.85. The molecule has 0 radical (unpaired) electrons. The quantitative estimate of drug-likeness (QED) is 0.622. The second-order valence-electron chi connectivity index (χ2n) is 5.44. The van der Waals surface area contributed by atoms with Crippen molar-refractivity contribution in [3.63, 3.8) is 0 Å². The van der Waals surface area contributed by atoms with E-state index in [4.69, 9.17) is 0 Å². The highest BCUT2D eigenvalue weighted by molar-refractivity contribution is 5.44. The zero-order valence-electron chi connectivity index (χ0n) is 12.4. The van der Waals surface area contributed by atoms with Crippen molar-refractivity contribution in [2.24, 2.45) is 0 Å². The molecule has 2 N–H and O–H groups in total. The molecule has 1 aliphatic heterocycles. The molecule has 116 valence electrons. The third-order valence-corrected chi connectivity index (χ3v) is 4.00. The number of nitrogens with zero attached hydrogens (tertiary/aromatic N) is 2. The summed E-state index contributed by atoms with van der Waals surface area (Å²) in [5.41, 5.74) is 0.721. The van der Waals surface area contributed by atoms with E-state index in [0.717, 1.165) is 45.4 Å². The van der Waals surface area contributed by atoms with Crippen LogP contribution < -0.4 is 5.32 Å². The van der Waals surface area contributed by atoms with Gasteiger partial charge >= 0.3 is 0 Å². The van der Waals surface area contributed by atoms with E-state index < -0.39 is 4.92 Å². The number of unbranched alkanes of at least 4 members (excludes halogenated alkanes) is 1. The van der Waals surface area contributed by atoms with E-state index in [1.165, 1.54) is 18.2 Å². The monoisotopic (exact) mass is 293 g/mol. The number of nitro benzene ring substituents is 1. The van der Waals surface area contributed by atoms with Crippen LogP contribution in [-0.2, 0) is 0 Å². The predicted molar refractivity (Wildman–Crippen MR) is 81.5 cm³/mol. The maximum absolute atomic E-state index is 11.0. The number of phenols is 1. The van der Waals surface area contributed by atoms with Crippen LogP contribution in [0.25, 0.3) is 0 Å². The first-order valence-corrected chi connectivity index (χ1v) is 7.55. The van der Waals surface area contributed by atoms with Crippen LogP contribution >= 0.6 is 0 Å². The summed E-state index contributed by atoms with van der Waals surface area (Å²) in [7, 11) is 0. The number of nitrogens with one attached hydrogen (secondary N) is 1. The molecule has 6 nitrogen and oxygen atoms in total. The molecule has 1 heterocycles. The van der Waals surface area contributed by atoms with E-state index in [1.54, 1.807) is 0 Å². The van der Waals surface area contributed by atoms with Gasteiger partial charge in [-0.25, -0.2) is 0 Å². The van der Waals surface area contributed by atoms with Crippen molar-refractivity contribution in [1.29, 1.82) is 0 Å². The first-order valence-electron chi connectivity index (χ1n) is 7.55. The minimum atomic E-state index is -0.405. The van der Waals surface area contributed by atoms with E-state index in [9.17, 15) is 15.2 Å². The second-order valence-corrected chi connectivity index (χ2v) is 5.44. The molecule has 1 aromatic carbocycles. The second kappa shape index (κ2) is 7.38. The summed E-state index contributed by atoms with van der Waals surface area (Å²) in [6, 6.07) is 4.37. The fourth-order valence-corrected chi connectivity index (χ4v) is 2.85. The number of phenolic OH excluding ortho intramolecular Hbond substituents is 1. The van der Waals surface area contributed by atoms with Gasteiger partial charge in [-0.05, 0) is 12.5 Å². The maximum atomic E-state index is 11.0. The third-order valence-electron chi connectivity index (χ3n) is 4.00. The molecule has 0 aliphatic carbocycles. The summed E-state index contributed by atoms with van der Waals surface area (Å²) in [6.45, 7) is 5.76. The van der Waals surface area contributed by atoms with E-state index in [0.29, 0.717) is 5.56 Å². The lowest BCUT2D eigenvalue weighted by Crippen LogP contribution is -2.45. The van der Waals surface area contributed by atoms with Gasteiger partial charge in [0.1, 0.15) is 5.75 Å². The maximum Gasteiger partial charge on any atom is 0.270 e. The van der Waals surface area contributed by atoms with Gasteiger partial charge in [-0.15, -0.1) is 0 Å².